The van der Waals surface area contributed by atoms with Crippen molar-refractivity contribution in [3.05, 3.63) is 30.1 Å². The van der Waals surface area contributed by atoms with Crippen LogP contribution < -0.4 is 5.32 Å². The van der Waals surface area contributed by atoms with Gasteiger partial charge in [-0.1, -0.05) is 0 Å². The zero-order chi connectivity index (χ0) is 23.0. The number of allylic oxidation sites excluding steroid dienone is 1. The summed E-state index contributed by atoms with van der Waals surface area (Å²) in [6.45, 7) is 3.07. The van der Waals surface area contributed by atoms with Crippen molar-refractivity contribution in [1.82, 2.24) is 14.3 Å². The van der Waals surface area contributed by atoms with E-state index in [2.05, 4.69) is 19.7 Å². The van der Waals surface area contributed by atoms with E-state index in [0.29, 0.717) is 0 Å². The molecule has 0 saturated heterocycles. The van der Waals surface area contributed by atoms with E-state index in [9.17, 15) is 30.8 Å². The number of anilines is 1. The second-order valence-corrected chi connectivity index (χ2v) is 9.16. The highest BCUT2D eigenvalue weighted by Crippen LogP contribution is 2.41. The number of nitrogens with zero attached hydrogens (tertiary/aromatic N) is 4. The zero-order valence-corrected chi connectivity index (χ0v) is 17.5. The van der Waals surface area contributed by atoms with E-state index in [1.807, 2.05) is 0 Å². The van der Waals surface area contributed by atoms with E-state index in [-0.39, 0.29) is 42.9 Å². The van der Waals surface area contributed by atoms with Crippen LogP contribution in [0.4, 0.5) is 23.4 Å². The second-order valence-electron chi connectivity index (χ2n) is 7.68. The summed E-state index contributed by atoms with van der Waals surface area (Å²) < 4.78 is 82.2. The van der Waals surface area contributed by atoms with Crippen LogP contribution in [0.25, 0.3) is 0 Å². The Morgan fingerprint density at radius 3 is 2.39 bits per heavy atom. The molecule has 1 N–H and O–H groups in total. The van der Waals surface area contributed by atoms with Gasteiger partial charge in [0, 0.05) is 12.0 Å². The minimum absolute atomic E-state index is 0.0352. The first kappa shape index (κ1) is 23.1. The van der Waals surface area contributed by atoms with Crippen LogP contribution in [0.5, 0.6) is 0 Å². The van der Waals surface area contributed by atoms with E-state index in [4.69, 9.17) is 0 Å². The van der Waals surface area contributed by atoms with Crippen molar-refractivity contribution >= 4 is 27.6 Å². The maximum Gasteiger partial charge on any atom is 0.391 e. The first-order valence-electron chi connectivity index (χ1n) is 9.60. The second kappa shape index (κ2) is 8.52. The van der Waals surface area contributed by atoms with Gasteiger partial charge in [0.1, 0.15) is 5.70 Å². The lowest BCUT2D eigenvalue weighted by Crippen LogP contribution is -2.43. The van der Waals surface area contributed by atoms with E-state index in [1.165, 1.54) is 19.9 Å². The molecule has 0 aromatic carbocycles. The number of alkyl halides is 3. The predicted molar refractivity (Wildman–Crippen MR) is 104 cm³/mol. The van der Waals surface area contributed by atoms with Gasteiger partial charge >= 0.3 is 16.4 Å². The largest absolute Gasteiger partial charge is 0.391 e. The number of amides is 1. The number of hydrogen-bond acceptors (Lipinski definition) is 5. The molecule has 2 heterocycles. The van der Waals surface area contributed by atoms with Gasteiger partial charge in [-0.3, -0.25) is 9.78 Å². The highest BCUT2D eigenvalue weighted by molar-refractivity contribution is 7.88. The van der Waals surface area contributed by atoms with Gasteiger partial charge in [0.15, 0.2) is 5.82 Å². The highest BCUT2D eigenvalue weighted by Gasteiger charge is 2.43. The molecule has 0 bridgehead atoms. The lowest BCUT2D eigenvalue weighted by atomic mass is 9.79. The number of carbonyl (C=O) groups is 1. The average Bonchev–Trinajstić information content (AvgIpc) is 2.65. The first-order valence-corrected chi connectivity index (χ1v) is 11.0. The van der Waals surface area contributed by atoms with Crippen LogP contribution >= 0.6 is 0 Å². The van der Waals surface area contributed by atoms with Gasteiger partial charge < -0.3 is 5.32 Å². The van der Waals surface area contributed by atoms with E-state index in [1.54, 1.807) is 0 Å². The van der Waals surface area contributed by atoms with Crippen LogP contribution in [0.3, 0.4) is 0 Å². The minimum Gasteiger partial charge on any atom is -0.304 e. The van der Waals surface area contributed by atoms with Crippen LogP contribution in [0.2, 0.25) is 0 Å². The molecule has 1 aromatic rings. The molecule has 0 spiro atoms. The fourth-order valence-electron chi connectivity index (χ4n) is 3.73. The van der Waals surface area contributed by atoms with Gasteiger partial charge in [-0.15, -0.1) is 4.40 Å². The number of carbonyl (C=O) groups excluding carboxylic acids is 1. The molecule has 0 unspecified atom stereocenters. The van der Waals surface area contributed by atoms with Crippen LogP contribution in [0.15, 0.2) is 28.6 Å². The maximum absolute atomic E-state index is 13.3. The van der Waals surface area contributed by atoms with Crippen molar-refractivity contribution in [2.75, 3.05) is 5.32 Å². The summed E-state index contributed by atoms with van der Waals surface area (Å²) in [5.74, 6) is -4.00. The summed E-state index contributed by atoms with van der Waals surface area (Å²) in [6, 6.07) is -0.674. The molecule has 1 aliphatic heterocycles. The Bertz CT molecular complexity index is 1020. The summed E-state index contributed by atoms with van der Waals surface area (Å²) in [4.78, 5) is 19.8. The number of halogens is 4. The molecular weight excluding hydrogens is 442 g/mol. The summed E-state index contributed by atoms with van der Waals surface area (Å²) in [6.07, 6.45) is -1.20. The normalized spacial score (nSPS) is 23.9. The van der Waals surface area contributed by atoms with Gasteiger partial charge in [-0.25, -0.2) is 4.31 Å². The smallest absolute Gasteiger partial charge is 0.304 e. The number of nitrogens with one attached hydrogen (secondary N) is 1. The average molecular weight is 463 g/mol. The molecule has 2 aliphatic rings. The number of rotatable bonds is 4. The molecule has 1 amide bonds. The third kappa shape index (κ3) is 5.20. The minimum atomic E-state index is -4.30. The number of hydrogen-bond donors (Lipinski definition) is 1. The standard InChI is InChI=1S/C18H21F4N5O3S/c1-10(2)27-14(17(28)25-16-9-23-8-15(19)24-16)7-13(26-31(27,29)30)11-3-5-12(6-4-11)18(20,21)22/h7-12H,3-6H2,1-2H3,(H,24,25,28). The number of aromatic nitrogens is 2. The Morgan fingerprint density at radius 2 is 1.84 bits per heavy atom. The Labute approximate surface area is 176 Å². The maximum atomic E-state index is 13.3. The Kier molecular flexibility index (Phi) is 6.35. The van der Waals surface area contributed by atoms with Crippen molar-refractivity contribution in [2.24, 2.45) is 16.2 Å². The van der Waals surface area contributed by atoms with Crippen LogP contribution in [-0.2, 0) is 15.0 Å². The molecule has 1 aliphatic carbocycles. The van der Waals surface area contributed by atoms with E-state index in [0.717, 1.165) is 16.7 Å². The lowest BCUT2D eigenvalue weighted by molar-refractivity contribution is -0.182. The summed E-state index contributed by atoms with van der Waals surface area (Å²) in [5, 5.41) is 2.29. The molecule has 1 fully saturated rings. The predicted octanol–water partition coefficient (Wildman–Crippen LogP) is 3.22. The Morgan fingerprint density at radius 1 is 1.19 bits per heavy atom. The molecule has 1 aromatic heterocycles. The van der Waals surface area contributed by atoms with Crippen molar-refractivity contribution in [2.45, 2.75) is 51.7 Å². The molecule has 13 heteroatoms. The molecule has 31 heavy (non-hydrogen) atoms. The van der Waals surface area contributed by atoms with E-state index < -0.39 is 46.1 Å². The highest BCUT2D eigenvalue weighted by atomic mass is 32.2. The lowest BCUT2D eigenvalue weighted by Gasteiger charge is -2.34. The van der Waals surface area contributed by atoms with Gasteiger partial charge in [0.25, 0.3) is 5.91 Å². The first-order chi connectivity index (χ1) is 14.4. The van der Waals surface area contributed by atoms with Gasteiger partial charge in [0.2, 0.25) is 5.95 Å². The van der Waals surface area contributed by atoms with Gasteiger partial charge in [-0.05, 0) is 45.6 Å². The third-order valence-corrected chi connectivity index (χ3v) is 6.71. The van der Waals surface area contributed by atoms with Crippen molar-refractivity contribution in [3.8, 4) is 0 Å². The summed E-state index contributed by atoms with van der Waals surface area (Å²) >= 11 is 0. The quantitative estimate of drug-likeness (QED) is 0.691. The Hall–Kier alpha value is -2.57. The fourth-order valence-corrected chi connectivity index (χ4v) is 5.21. The monoisotopic (exact) mass is 463 g/mol. The van der Waals surface area contributed by atoms with Crippen LogP contribution in [-0.4, -0.2) is 46.5 Å². The molecule has 170 valence electrons. The molecular formula is C18H21F4N5O3S. The molecule has 8 nitrogen and oxygen atoms in total. The van der Waals surface area contributed by atoms with E-state index >= 15 is 0 Å². The summed E-state index contributed by atoms with van der Waals surface area (Å²) in [7, 11) is -4.30. The van der Waals surface area contributed by atoms with Crippen molar-refractivity contribution in [3.63, 3.8) is 0 Å². The van der Waals surface area contributed by atoms with Gasteiger partial charge in [-0.2, -0.15) is 31.0 Å². The van der Waals surface area contributed by atoms with Crippen molar-refractivity contribution < 1.29 is 30.8 Å². The van der Waals surface area contributed by atoms with Crippen LogP contribution in [0.1, 0.15) is 39.5 Å². The third-order valence-electron chi connectivity index (χ3n) is 5.15. The summed E-state index contributed by atoms with van der Waals surface area (Å²) in [5.41, 5.74) is -0.239. The molecule has 1 saturated carbocycles. The molecule has 3 rings (SSSR count). The Balaban J connectivity index is 1.89. The SMILES string of the molecule is CC(C)N1C(C(=O)Nc2cncc(F)n2)=CC(C2CCC(C(F)(F)F)CC2)=NS1(=O)=O. The fraction of sp³-hybridized carbons (Fsp3) is 0.556. The van der Waals surface area contributed by atoms with Crippen molar-refractivity contribution in [1.29, 1.82) is 0 Å². The van der Waals surface area contributed by atoms with Gasteiger partial charge in [0.05, 0.1) is 24.0 Å². The van der Waals surface area contributed by atoms with Crippen LogP contribution in [0, 0.1) is 17.8 Å². The zero-order valence-electron chi connectivity index (χ0n) is 16.7. The molecule has 0 radical (unpaired) electrons. The molecule has 0 atom stereocenters. The topological polar surface area (TPSA) is 105 Å².